The number of carbonyl (C=O) groups excluding carboxylic acids is 2. The van der Waals surface area contributed by atoms with E-state index in [0.717, 1.165) is 5.75 Å². The lowest BCUT2D eigenvalue weighted by Gasteiger charge is -2.14. The molecular formula is C22H24ClN5O3S. The minimum Gasteiger partial charge on any atom is -0.494 e. The molecular weight excluding hydrogens is 450 g/mol. The van der Waals surface area contributed by atoms with Gasteiger partial charge in [0.25, 0.3) is 5.91 Å². The Bertz CT molecular complexity index is 1090. The van der Waals surface area contributed by atoms with Crippen LogP contribution in [-0.2, 0) is 11.8 Å². The Morgan fingerprint density at radius 1 is 1.16 bits per heavy atom. The monoisotopic (exact) mass is 473 g/mol. The van der Waals surface area contributed by atoms with E-state index in [4.69, 9.17) is 16.3 Å². The van der Waals surface area contributed by atoms with Crippen LogP contribution in [0.1, 0.15) is 36.1 Å². The number of benzene rings is 2. The second-order valence-electron chi connectivity index (χ2n) is 6.87. The van der Waals surface area contributed by atoms with Crippen molar-refractivity contribution in [3.05, 3.63) is 64.9 Å². The third-order valence-electron chi connectivity index (χ3n) is 4.50. The predicted octanol–water partition coefficient (Wildman–Crippen LogP) is 4.09. The first-order valence-electron chi connectivity index (χ1n) is 9.99. The summed E-state index contributed by atoms with van der Waals surface area (Å²) >= 11 is 7.35. The molecule has 0 aliphatic carbocycles. The lowest BCUT2D eigenvalue weighted by atomic mass is 10.2. The summed E-state index contributed by atoms with van der Waals surface area (Å²) in [5.41, 5.74) is 1.08. The van der Waals surface area contributed by atoms with E-state index in [1.54, 1.807) is 60.1 Å². The Kier molecular flexibility index (Phi) is 8.13. The van der Waals surface area contributed by atoms with Crippen molar-refractivity contribution in [2.75, 3.05) is 17.7 Å². The van der Waals surface area contributed by atoms with Crippen molar-refractivity contribution in [1.29, 1.82) is 0 Å². The number of halogens is 1. The second kappa shape index (κ2) is 11.0. The van der Waals surface area contributed by atoms with E-state index in [0.29, 0.717) is 33.9 Å². The van der Waals surface area contributed by atoms with Crippen LogP contribution in [0.2, 0.25) is 5.02 Å². The topological polar surface area (TPSA) is 98.1 Å². The molecule has 0 saturated heterocycles. The number of hydrogen-bond donors (Lipinski definition) is 2. The third kappa shape index (κ3) is 6.02. The molecule has 168 valence electrons. The molecule has 32 heavy (non-hydrogen) atoms. The highest BCUT2D eigenvalue weighted by Gasteiger charge is 2.20. The number of carbonyl (C=O) groups is 2. The van der Waals surface area contributed by atoms with Crippen LogP contribution < -0.4 is 15.4 Å². The lowest BCUT2D eigenvalue weighted by molar-refractivity contribution is -0.113. The fraction of sp³-hybridized carbons (Fsp3) is 0.273. The molecule has 0 fully saturated rings. The van der Waals surface area contributed by atoms with Gasteiger partial charge >= 0.3 is 0 Å². The van der Waals surface area contributed by atoms with Crippen LogP contribution in [0.15, 0.2) is 53.7 Å². The van der Waals surface area contributed by atoms with Crippen molar-refractivity contribution >= 4 is 40.9 Å². The zero-order chi connectivity index (χ0) is 23.1. The largest absolute Gasteiger partial charge is 0.494 e. The molecule has 0 aliphatic heterocycles. The highest BCUT2D eigenvalue weighted by atomic mass is 35.5. The molecule has 1 atom stereocenters. The van der Waals surface area contributed by atoms with E-state index >= 15 is 0 Å². The quantitative estimate of drug-likeness (QED) is 0.454. The van der Waals surface area contributed by atoms with Gasteiger partial charge in [-0.3, -0.25) is 9.59 Å². The average molecular weight is 474 g/mol. The molecule has 2 aromatic carbocycles. The summed E-state index contributed by atoms with van der Waals surface area (Å²) in [5, 5.41) is 15.0. The van der Waals surface area contributed by atoms with Crippen LogP contribution in [0.3, 0.4) is 0 Å². The number of aromatic nitrogens is 3. The van der Waals surface area contributed by atoms with Crippen molar-refractivity contribution in [2.24, 2.45) is 7.05 Å². The van der Waals surface area contributed by atoms with Gasteiger partial charge in [0.2, 0.25) is 5.91 Å². The molecule has 0 spiro atoms. The SMILES string of the molecule is CCOc1ccc(NC(=O)CSc2nnc([C@@H](C)NC(=O)c3ccccc3Cl)n2C)cc1. The van der Waals surface area contributed by atoms with Gasteiger partial charge in [0, 0.05) is 12.7 Å². The van der Waals surface area contributed by atoms with Crippen LogP contribution in [-0.4, -0.2) is 38.9 Å². The van der Waals surface area contributed by atoms with Crippen molar-refractivity contribution < 1.29 is 14.3 Å². The van der Waals surface area contributed by atoms with E-state index in [-0.39, 0.29) is 17.6 Å². The van der Waals surface area contributed by atoms with Crippen LogP contribution in [0.4, 0.5) is 5.69 Å². The maximum Gasteiger partial charge on any atom is 0.253 e. The van der Waals surface area contributed by atoms with Gasteiger partial charge in [0.1, 0.15) is 5.75 Å². The number of nitrogens with zero attached hydrogens (tertiary/aromatic N) is 3. The molecule has 3 aromatic rings. The van der Waals surface area contributed by atoms with E-state index in [1.165, 1.54) is 11.8 Å². The van der Waals surface area contributed by atoms with Crippen molar-refractivity contribution in [1.82, 2.24) is 20.1 Å². The lowest BCUT2D eigenvalue weighted by Crippen LogP contribution is -2.28. The van der Waals surface area contributed by atoms with Gasteiger partial charge in [-0.25, -0.2) is 0 Å². The summed E-state index contributed by atoms with van der Waals surface area (Å²) in [6, 6.07) is 13.6. The van der Waals surface area contributed by atoms with Crippen LogP contribution in [0, 0.1) is 0 Å². The van der Waals surface area contributed by atoms with Crippen LogP contribution in [0.5, 0.6) is 5.75 Å². The van der Waals surface area contributed by atoms with Crippen LogP contribution in [0.25, 0.3) is 0 Å². The Hall–Kier alpha value is -3.04. The first kappa shape index (κ1) is 23.6. The van der Waals surface area contributed by atoms with E-state index < -0.39 is 6.04 Å². The van der Waals surface area contributed by atoms with E-state index in [1.807, 2.05) is 13.8 Å². The molecule has 3 rings (SSSR count). The number of anilines is 1. The first-order chi connectivity index (χ1) is 15.4. The average Bonchev–Trinajstić information content (AvgIpc) is 3.14. The van der Waals surface area contributed by atoms with Crippen LogP contribution >= 0.6 is 23.4 Å². The van der Waals surface area contributed by atoms with Gasteiger partial charge in [-0.1, -0.05) is 35.5 Å². The number of amides is 2. The molecule has 0 saturated carbocycles. The molecule has 0 bridgehead atoms. The first-order valence-corrected chi connectivity index (χ1v) is 11.4. The van der Waals surface area contributed by atoms with Crippen molar-refractivity contribution in [3.8, 4) is 5.75 Å². The number of hydrogen-bond acceptors (Lipinski definition) is 6. The molecule has 8 nitrogen and oxygen atoms in total. The van der Waals surface area contributed by atoms with Gasteiger partial charge in [-0.05, 0) is 50.2 Å². The maximum absolute atomic E-state index is 12.5. The van der Waals surface area contributed by atoms with Gasteiger partial charge in [-0.2, -0.15) is 0 Å². The molecule has 0 unspecified atom stereocenters. The Balaban J connectivity index is 1.55. The van der Waals surface area contributed by atoms with E-state index in [2.05, 4.69) is 20.8 Å². The summed E-state index contributed by atoms with van der Waals surface area (Å²) in [5.74, 6) is 1.03. The third-order valence-corrected chi connectivity index (χ3v) is 5.85. The minimum absolute atomic E-state index is 0.163. The zero-order valence-corrected chi connectivity index (χ0v) is 19.5. The van der Waals surface area contributed by atoms with Gasteiger partial charge in [0.05, 0.1) is 29.0 Å². The van der Waals surface area contributed by atoms with Gasteiger partial charge in [0.15, 0.2) is 11.0 Å². The molecule has 2 amide bonds. The Morgan fingerprint density at radius 3 is 2.56 bits per heavy atom. The zero-order valence-electron chi connectivity index (χ0n) is 18.0. The Morgan fingerprint density at radius 2 is 1.88 bits per heavy atom. The molecule has 0 aliphatic rings. The standard InChI is InChI=1S/C22H24ClN5O3S/c1-4-31-16-11-9-15(10-12-16)25-19(29)13-32-22-27-26-20(28(22)3)14(2)24-21(30)17-7-5-6-8-18(17)23/h5-12,14H,4,13H2,1-3H3,(H,24,30)(H,25,29)/t14-/m1/s1. The number of nitrogens with one attached hydrogen (secondary N) is 2. The maximum atomic E-state index is 12.5. The highest BCUT2D eigenvalue weighted by Crippen LogP contribution is 2.21. The van der Waals surface area contributed by atoms with E-state index in [9.17, 15) is 9.59 Å². The predicted molar refractivity (Wildman–Crippen MR) is 125 cm³/mol. The smallest absolute Gasteiger partial charge is 0.253 e. The minimum atomic E-state index is -0.400. The highest BCUT2D eigenvalue weighted by molar-refractivity contribution is 7.99. The van der Waals surface area contributed by atoms with Crippen molar-refractivity contribution in [2.45, 2.75) is 25.0 Å². The molecule has 10 heteroatoms. The number of ether oxygens (including phenoxy) is 1. The van der Waals surface area contributed by atoms with Gasteiger partial charge in [-0.15, -0.1) is 10.2 Å². The fourth-order valence-corrected chi connectivity index (χ4v) is 3.88. The number of thioether (sulfide) groups is 1. The second-order valence-corrected chi connectivity index (χ2v) is 8.22. The molecule has 1 aromatic heterocycles. The van der Waals surface area contributed by atoms with Gasteiger partial charge < -0.3 is 19.9 Å². The number of rotatable bonds is 9. The Labute approximate surface area is 195 Å². The summed E-state index contributed by atoms with van der Waals surface area (Å²) in [6.45, 7) is 4.31. The summed E-state index contributed by atoms with van der Waals surface area (Å²) in [7, 11) is 1.79. The fourth-order valence-electron chi connectivity index (χ4n) is 2.94. The molecule has 2 N–H and O–H groups in total. The normalized spacial score (nSPS) is 11.6. The summed E-state index contributed by atoms with van der Waals surface area (Å²) in [4.78, 5) is 24.8. The molecule has 0 radical (unpaired) electrons. The van der Waals surface area contributed by atoms with Crippen molar-refractivity contribution in [3.63, 3.8) is 0 Å². The summed E-state index contributed by atoms with van der Waals surface area (Å²) < 4.78 is 7.15. The summed E-state index contributed by atoms with van der Waals surface area (Å²) in [6.07, 6.45) is 0. The molecule has 1 heterocycles.